The fraction of sp³-hybridized carbons (Fsp3) is 0.143. The predicted molar refractivity (Wildman–Crippen MR) is 152 cm³/mol. The fourth-order valence-corrected chi connectivity index (χ4v) is 5.04. The maximum atomic E-state index is 12.1. The van der Waals surface area contributed by atoms with E-state index in [1.54, 1.807) is 0 Å². The summed E-state index contributed by atoms with van der Waals surface area (Å²) in [5.41, 5.74) is 6.92. The molecule has 0 unspecified atom stereocenters. The average Bonchev–Trinajstić information content (AvgIpc) is 3.44. The van der Waals surface area contributed by atoms with Gasteiger partial charge in [0.15, 0.2) is 0 Å². The maximum absolute atomic E-state index is 12.1. The molecule has 184 valence electrons. The summed E-state index contributed by atoms with van der Waals surface area (Å²) in [6, 6.07) is 19.4. The quantitative estimate of drug-likeness (QED) is 0.163. The molecule has 8 heteroatoms. The third kappa shape index (κ3) is 4.85. The first-order valence-electron chi connectivity index (χ1n) is 11.1. The highest BCUT2D eigenvalue weighted by Gasteiger charge is 2.20. The molecule has 5 rings (SSSR count). The molecular weight excluding hydrogens is 591 g/mol. The summed E-state index contributed by atoms with van der Waals surface area (Å²) in [5, 5.41) is 2.73. The van der Waals surface area contributed by atoms with Gasteiger partial charge in [0.25, 0.3) is 0 Å². The van der Waals surface area contributed by atoms with Crippen molar-refractivity contribution in [3.05, 3.63) is 91.8 Å². The molecule has 0 aliphatic heterocycles. The summed E-state index contributed by atoms with van der Waals surface area (Å²) < 4.78 is 10.5. The average molecular weight is 615 g/mol. The molecule has 6 nitrogen and oxygen atoms in total. The number of hydrogen-bond donors (Lipinski definition) is 2. The van der Waals surface area contributed by atoms with Crippen molar-refractivity contribution in [2.24, 2.45) is 0 Å². The Kier molecular flexibility index (Phi) is 7.70. The second-order valence-corrected chi connectivity index (χ2v) is 9.69. The standard InChI is InChI=1S/C17H14ClNO2.C11H10INO2/c1-10-4-3-5-13-14(11-6-8-12(18)9-7-11)16(17(20)21-2)19-15(10)13;1-6-4-3-5-7-8(12)10(11(14)15-2)13-9(6)7/h3-9,19H,1-2H3;3-5,13H,1-2H3. The van der Waals surface area contributed by atoms with Crippen LogP contribution in [-0.2, 0) is 9.47 Å². The van der Waals surface area contributed by atoms with Gasteiger partial charge in [-0.05, 0) is 65.3 Å². The van der Waals surface area contributed by atoms with Gasteiger partial charge in [-0.2, -0.15) is 0 Å². The predicted octanol–water partition coefficient (Wildman–Crippen LogP) is 7.45. The molecule has 0 spiro atoms. The first kappa shape index (κ1) is 25.8. The van der Waals surface area contributed by atoms with Crippen LogP contribution < -0.4 is 0 Å². The Morgan fingerprint density at radius 3 is 1.81 bits per heavy atom. The van der Waals surface area contributed by atoms with Crippen LogP contribution in [0.4, 0.5) is 0 Å². The molecule has 0 radical (unpaired) electrons. The highest BCUT2D eigenvalue weighted by molar-refractivity contribution is 14.1. The minimum absolute atomic E-state index is 0.324. The summed E-state index contributed by atoms with van der Waals surface area (Å²) >= 11 is 8.10. The normalized spacial score (nSPS) is 10.7. The largest absolute Gasteiger partial charge is 0.464 e. The second-order valence-electron chi connectivity index (χ2n) is 8.17. The van der Waals surface area contributed by atoms with Gasteiger partial charge < -0.3 is 19.4 Å². The molecule has 2 N–H and O–H groups in total. The first-order valence-corrected chi connectivity index (χ1v) is 12.5. The van der Waals surface area contributed by atoms with E-state index in [-0.39, 0.29) is 11.9 Å². The van der Waals surface area contributed by atoms with Crippen molar-refractivity contribution in [2.75, 3.05) is 14.2 Å². The number of halogens is 2. The number of rotatable bonds is 3. The van der Waals surface area contributed by atoms with E-state index >= 15 is 0 Å². The Morgan fingerprint density at radius 2 is 1.25 bits per heavy atom. The van der Waals surface area contributed by atoms with Gasteiger partial charge in [0.2, 0.25) is 0 Å². The Bertz CT molecular complexity index is 1590. The molecule has 0 fully saturated rings. The molecule has 2 heterocycles. The molecule has 0 aliphatic rings. The number of esters is 2. The molecule has 2 aromatic heterocycles. The van der Waals surface area contributed by atoms with Gasteiger partial charge in [-0.15, -0.1) is 0 Å². The van der Waals surface area contributed by atoms with E-state index in [2.05, 4.69) is 32.6 Å². The van der Waals surface area contributed by atoms with Crippen molar-refractivity contribution in [1.82, 2.24) is 9.97 Å². The number of carbonyl (C=O) groups is 2. The summed E-state index contributed by atoms with van der Waals surface area (Å²) in [6.45, 7) is 4.02. The van der Waals surface area contributed by atoms with Crippen LogP contribution in [0.2, 0.25) is 5.02 Å². The van der Waals surface area contributed by atoms with Crippen molar-refractivity contribution in [2.45, 2.75) is 13.8 Å². The van der Waals surface area contributed by atoms with Crippen LogP contribution in [0.5, 0.6) is 0 Å². The Hall–Kier alpha value is -3.30. The number of aromatic amines is 2. The number of ether oxygens (including phenoxy) is 2. The highest BCUT2D eigenvalue weighted by Crippen LogP contribution is 2.34. The zero-order valence-electron chi connectivity index (χ0n) is 20.2. The number of methoxy groups -OCH3 is 2. The van der Waals surface area contributed by atoms with Gasteiger partial charge in [-0.3, -0.25) is 0 Å². The first-order chi connectivity index (χ1) is 17.3. The van der Waals surface area contributed by atoms with E-state index in [9.17, 15) is 9.59 Å². The summed E-state index contributed by atoms with van der Waals surface area (Å²) in [6.07, 6.45) is 0. The van der Waals surface area contributed by atoms with Crippen molar-refractivity contribution < 1.29 is 19.1 Å². The van der Waals surface area contributed by atoms with E-state index in [4.69, 9.17) is 21.1 Å². The lowest BCUT2D eigenvalue weighted by Gasteiger charge is -2.04. The van der Waals surface area contributed by atoms with E-state index in [0.717, 1.165) is 47.6 Å². The molecule has 3 aromatic carbocycles. The summed E-state index contributed by atoms with van der Waals surface area (Å²) in [4.78, 5) is 29.8. The Balaban J connectivity index is 0.000000179. The number of aryl methyl sites for hydroxylation is 2. The SMILES string of the molecule is COC(=O)c1[nH]c2c(C)cccc2c1-c1ccc(Cl)cc1.COC(=O)c1[nH]c2c(C)cccc2c1I. The molecule has 0 aliphatic carbocycles. The zero-order chi connectivity index (χ0) is 26.0. The zero-order valence-corrected chi connectivity index (χ0v) is 23.1. The smallest absolute Gasteiger partial charge is 0.355 e. The lowest BCUT2D eigenvalue weighted by Crippen LogP contribution is -2.03. The maximum Gasteiger partial charge on any atom is 0.355 e. The molecular formula is C28H24ClIN2O4. The molecule has 0 bridgehead atoms. The number of nitrogens with one attached hydrogen (secondary N) is 2. The van der Waals surface area contributed by atoms with E-state index in [1.165, 1.54) is 14.2 Å². The van der Waals surface area contributed by atoms with Crippen LogP contribution in [0.3, 0.4) is 0 Å². The Morgan fingerprint density at radius 1 is 0.750 bits per heavy atom. The fourth-order valence-electron chi connectivity index (χ4n) is 4.11. The van der Waals surface area contributed by atoms with Crippen LogP contribution in [0.1, 0.15) is 32.1 Å². The number of hydrogen-bond acceptors (Lipinski definition) is 4. The summed E-state index contributed by atoms with van der Waals surface area (Å²) in [5.74, 6) is -0.703. The second kappa shape index (κ2) is 10.8. The highest BCUT2D eigenvalue weighted by atomic mass is 127. The van der Waals surface area contributed by atoms with Crippen LogP contribution >= 0.6 is 34.2 Å². The third-order valence-corrected chi connectivity index (χ3v) is 7.31. The minimum Gasteiger partial charge on any atom is -0.464 e. The topological polar surface area (TPSA) is 84.2 Å². The minimum atomic E-state index is -0.379. The van der Waals surface area contributed by atoms with E-state index in [1.807, 2.05) is 74.5 Å². The van der Waals surface area contributed by atoms with Gasteiger partial charge in [0.05, 0.1) is 23.3 Å². The van der Waals surface area contributed by atoms with E-state index < -0.39 is 0 Å². The van der Waals surface area contributed by atoms with Crippen molar-refractivity contribution in [3.8, 4) is 11.1 Å². The van der Waals surface area contributed by atoms with Gasteiger partial charge in [0, 0.05) is 26.9 Å². The number of H-pyrrole nitrogens is 2. The number of carbonyl (C=O) groups excluding carboxylic acids is 2. The molecule has 5 aromatic rings. The van der Waals surface area contributed by atoms with Crippen LogP contribution in [0, 0.1) is 17.4 Å². The third-order valence-electron chi connectivity index (χ3n) is 5.93. The van der Waals surface area contributed by atoms with Gasteiger partial charge >= 0.3 is 11.9 Å². The molecule has 0 atom stereocenters. The number of aromatic nitrogens is 2. The lowest BCUT2D eigenvalue weighted by atomic mass is 10.0. The van der Waals surface area contributed by atoms with Crippen molar-refractivity contribution in [3.63, 3.8) is 0 Å². The lowest BCUT2D eigenvalue weighted by molar-refractivity contribution is 0.0586. The monoisotopic (exact) mass is 614 g/mol. The number of para-hydroxylation sites is 2. The van der Waals surface area contributed by atoms with E-state index in [0.29, 0.717) is 16.4 Å². The molecule has 36 heavy (non-hydrogen) atoms. The van der Waals surface area contributed by atoms with Gasteiger partial charge in [-0.1, -0.05) is 60.1 Å². The molecule has 0 saturated carbocycles. The number of fused-ring (bicyclic) bond motifs is 2. The van der Waals surface area contributed by atoms with Gasteiger partial charge in [0.1, 0.15) is 11.4 Å². The van der Waals surface area contributed by atoms with Gasteiger partial charge in [-0.25, -0.2) is 9.59 Å². The summed E-state index contributed by atoms with van der Waals surface area (Å²) in [7, 11) is 2.77. The van der Waals surface area contributed by atoms with Crippen LogP contribution in [0.25, 0.3) is 32.9 Å². The number of benzene rings is 3. The molecule has 0 amide bonds. The van der Waals surface area contributed by atoms with Crippen molar-refractivity contribution >= 4 is 67.9 Å². The van der Waals surface area contributed by atoms with Crippen LogP contribution in [0.15, 0.2) is 60.7 Å². The van der Waals surface area contributed by atoms with Crippen LogP contribution in [-0.4, -0.2) is 36.1 Å². The van der Waals surface area contributed by atoms with Crippen molar-refractivity contribution in [1.29, 1.82) is 0 Å². The Labute approximate surface area is 227 Å². The molecule has 0 saturated heterocycles.